The van der Waals surface area contributed by atoms with Gasteiger partial charge in [0.15, 0.2) is 5.82 Å². The number of aromatic nitrogens is 3. The van der Waals surface area contributed by atoms with Gasteiger partial charge >= 0.3 is 0 Å². The molecule has 0 spiro atoms. The number of amides is 1. The molecule has 3 N–H and O–H groups in total. The molecular weight excluding hydrogens is 421 g/mol. The number of carbonyl (C=O) groups excluding carboxylic acids is 1. The number of rotatable bonds is 8. The highest BCUT2D eigenvalue weighted by Crippen LogP contribution is 2.43. The minimum absolute atomic E-state index is 0.00699. The summed E-state index contributed by atoms with van der Waals surface area (Å²) in [5.74, 6) is 0.261. The zero-order chi connectivity index (χ0) is 21.8. The van der Waals surface area contributed by atoms with Gasteiger partial charge in [0.05, 0.1) is 16.8 Å². The number of benzene rings is 1. The fourth-order valence-electron chi connectivity index (χ4n) is 3.17. The van der Waals surface area contributed by atoms with Crippen molar-refractivity contribution in [1.29, 1.82) is 0 Å². The molecule has 1 aliphatic carbocycles. The van der Waals surface area contributed by atoms with Gasteiger partial charge in [-0.3, -0.25) is 9.78 Å². The summed E-state index contributed by atoms with van der Waals surface area (Å²) < 4.78 is 14.4. The summed E-state index contributed by atoms with van der Waals surface area (Å²) in [6.07, 6.45) is 7.24. The van der Waals surface area contributed by atoms with Crippen LogP contribution in [-0.2, 0) is 0 Å². The average Bonchev–Trinajstić information content (AvgIpc) is 3.61. The van der Waals surface area contributed by atoms with Crippen molar-refractivity contribution in [3.05, 3.63) is 64.8 Å². The maximum atomic E-state index is 14.4. The van der Waals surface area contributed by atoms with E-state index in [0.29, 0.717) is 41.0 Å². The molecule has 160 valence electrons. The smallest absolute Gasteiger partial charge is 0.254 e. The molecule has 2 aromatic heterocycles. The SMILES string of the molecule is O=C(NCCCO)c1cnccc1Nc1nc(-c2cc(Cl)ccc2F)ncc1C1CC1. The topological polar surface area (TPSA) is 100 Å². The predicted octanol–water partition coefficient (Wildman–Crippen LogP) is 4.06. The van der Waals surface area contributed by atoms with Crippen molar-refractivity contribution in [1.82, 2.24) is 20.3 Å². The van der Waals surface area contributed by atoms with Gasteiger partial charge in [-0.05, 0) is 49.4 Å². The number of aliphatic hydroxyl groups is 1. The fourth-order valence-corrected chi connectivity index (χ4v) is 3.34. The van der Waals surface area contributed by atoms with Gasteiger partial charge in [0.25, 0.3) is 5.91 Å². The van der Waals surface area contributed by atoms with Crippen molar-refractivity contribution in [2.24, 2.45) is 0 Å². The molecule has 1 fully saturated rings. The van der Waals surface area contributed by atoms with Gasteiger partial charge in [0.2, 0.25) is 0 Å². The van der Waals surface area contributed by atoms with Gasteiger partial charge in [-0.25, -0.2) is 14.4 Å². The van der Waals surface area contributed by atoms with E-state index in [2.05, 4.69) is 25.6 Å². The maximum absolute atomic E-state index is 14.4. The van der Waals surface area contributed by atoms with Crippen molar-refractivity contribution in [2.75, 3.05) is 18.5 Å². The Hall–Kier alpha value is -3.10. The molecule has 2 heterocycles. The third-order valence-corrected chi connectivity index (χ3v) is 5.18. The number of aliphatic hydroxyl groups excluding tert-OH is 1. The average molecular weight is 442 g/mol. The molecule has 7 nitrogen and oxygen atoms in total. The van der Waals surface area contributed by atoms with Crippen LogP contribution in [0.4, 0.5) is 15.9 Å². The Morgan fingerprint density at radius 1 is 1.26 bits per heavy atom. The molecule has 4 rings (SSSR count). The second-order valence-electron chi connectivity index (χ2n) is 7.28. The number of hydrogen-bond donors (Lipinski definition) is 3. The fraction of sp³-hybridized carbons (Fsp3) is 0.273. The van der Waals surface area contributed by atoms with E-state index in [1.54, 1.807) is 18.5 Å². The molecule has 0 aliphatic heterocycles. The van der Waals surface area contributed by atoms with Crippen molar-refractivity contribution < 1.29 is 14.3 Å². The highest BCUT2D eigenvalue weighted by molar-refractivity contribution is 6.30. The van der Waals surface area contributed by atoms with Crippen LogP contribution in [0.3, 0.4) is 0 Å². The Labute approximate surface area is 183 Å². The number of carbonyl (C=O) groups is 1. The second-order valence-corrected chi connectivity index (χ2v) is 7.71. The Bertz CT molecular complexity index is 1110. The van der Waals surface area contributed by atoms with E-state index in [0.717, 1.165) is 18.4 Å². The van der Waals surface area contributed by atoms with Crippen molar-refractivity contribution in [2.45, 2.75) is 25.2 Å². The molecule has 9 heteroatoms. The van der Waals surface area contributed by atoms with Crippen LogP contribution in [0, 0.1) is 5.82 Å². The van der Waals surface area contributed by atoms with Crippen molar-refractivity contribution >= 4 is 29.0 Å². The third kappa shape index (κ3) is 4.98. The van der Waals surface area contributed by atoms with Gasteiger partial charge in [0, 0.05) is 42.3 Å². The first-order valence-electron chi connectivity index (χ1n) is 9.99. The largest absolute Gasteiger partial charge is 0.396 e. The van der Waals surface area contributed by atoms with Crippen LogP contribution < -0.4 is 10.6 Å². The Kier molecular flexibility index (Phi) is 6.39. The molecule has 1 amide bonds. The normalized spacial score (nSPS) is 13.1. The van der Waals surface area contributed by atoms with Gasteiger partial charge in [0.1, 0.15) is 11.6 Å². The zero-order valence-corrected chi connectivity index (χ0v) is 17.4. The number of nitrogens with zero attached hydrogens (tertiary/aromatic N) is 3. The van der Waals surface area contributed by atoms with Crippen molar-refractivity contribution in [3.63, 3.8) is 0 Å². The second kappa shape index (κ2) is 9.36. The number of pyridine rings is 1. The molecule has 1 saturated carbocycles. The predicted molar refractivity (Wildman–Crippen MR) is 116 cm³/mol. The number of hydrogen-bond acceptors (Lipinski definition) is 6. The molecular formula is C22H21ClFN5O2. The van der Waals surface area contributed by atoms with Crippen molar-refractivity contribution in [3.8, 4) is 11.4 Å². The summed E-state index contributed by atoms with van der Waals surface area (Å²) in [5, 5.41) is 15.3. The van der Waals surface area contributed by atoms with Crippen LogP contribution in [0.15, 0.2) is 42.9 Å². The van der Waals surface area contributed by atoms with Crippen LogP contribution in [0.2, 0.25) is 5.02 Å². The molecule has 0 radical (unpaired) electrons. The number of anilines is 2. The van der Waals surface area contributed by atoms with Crippen LogP contribution in [0.1, 0.15) is 41.1 Å². The quantitative estimate of drug-likeness (QED) is 0.456. The third-order valence-electron chi connectivity index (χ3n) is 4.94. The van der Waals surface area contributed by atoms with Gasteiger partial charge in [-0.15, -0.1) is 0 Å². The lowest BCUT2D eigenvalue weighted by molar-refractivity contribution is 0.0951. The minimum Gasteiger partial charge on any atom is -0.396 e. The van der Waals surface area contributed by atoms with Gasteiger partial charge in [-0.1, -0.05) is 11.6 Å². The van der Waals surface area contributed by atoms with Crippen LogP contribution in [-0.4, -0.2) is 39.1 Å². The lowest BCUT2D eigenvalue weighted by atomic mass is 10.1. The zero-order valence-electron chi connectivity index (χ0n) is 16.6. The van der Waals surface area contributed by atoms with E-state index in [1.807, 2.05) is 0 Å². The molecule has 0 atom stereocenters. The molecule has 0 unspecified atom stereocenters. The molecule has 0 bridgehead atoms. The van der Waals surface area contributed by atoms with Crippen LogP contribution >= 0.6 is 11.6 Å². The first-order valence-corrected chi connectivity index (χ1v) is 10.4. The van der Waals surface area contributed by atoms with E-state index < -0.39 is 5.82 Å². The lowest BCUT2D eigenvalue weighted by Gasteiger charge is -2.15. The number of halogens is 2. The summed E-state index contributed by atoms with van der Waals surface area (Å²) in [4.78, 5) is 25.5. The minimum atomic E-state index is -0.470. The van der Waals surface area contributed by atoms with E-state index in [9.17, 15) is 9.18 Å². The summed E-state index contributed by atoms with van der Waals surface area (Å²) >= 11 is 6.03. The summed E-state index contributed by atoms with van der Waals surface area (Å²) in [6.45, 7) is 0.343. The summed E-state index contributed by atoms with van der Waals surface area (Å²) in [6, 6.07) is 5.91. The van der Waals surface area contributed by atoms with Gasteiger partial charge < -0.3 is 15.7 Å². The monoisotopic (exact) mass is 441 g/mol. The number of nitrogens with one attached hydrogen (secondary N) is 2. The highest BCUT2D eigenvalue weighted by atomic mass is 35.5. The lowest BCUT2D eigenvalue weighted by Crippen LogP contribution is -2.26. The summed E-state index contributed by atoms with van der Waals surface area (Å²) in [5.41, 5.74) is 1.98. The van der Waals surface area contributed by atoms with E-state index in [1.165, 1.54) is 24.4 Å². The first kappa shape index (κ1) is 21.1. The van der Waals surface area contributed by atoms with E-state index in [-0.39, 0.29) is 23.9 Å². The molecule has 0 saturated heterocycles. The highest BCUT2D eigenvalue weighted by Gasteiger charge is 2.28. The molecule has 1 aliphatic rings. The molecule has 1 aromatic carbocycles. The Balaban J connectivity index is 1.68. The first-order chi connectivity index (χ1) is 15.1. The van der Waals surface area contributed by atoms with E-state index in [4.69, 9.17) is 16.7 Å². The standard InChI is InChI=1S/C22H21ClFN5O2/c23-14-4-5-18(24)15(10-14)20-27-12-16(13-2-3-13)21(29-20)28-19-6-8-25-11-17(19)22(31)26-7-1-9-30/h4-6,8,10-13,30H,1-3,7,9H2,(H,26,31)(H,25,27,28,29). The van der Waals surface area contributed by atoms with Gasteiger partial charge in [-0.2, -0.15) is 0 Å². The summed E-state index contributed by atoms with van der Waals surface area (Å²) in [7, 11) is 0. The van der Waals surface area contributed by atoms with E-state index >= 15 is 0 Å². The van der Waals surface area contributed by atoms with Crippen LogP contribution in [0.5, 0.6) is 0 Å². The Morgan fingerprint density at radius 2 is 2.10 bits per heavy atom. The Morgan fingerprint density at radius 3 is 2.87 bits per heavy atom. The van der Waals surface area contributed by atoms with Crippen LogP contribution in [0.25, 0.3) is 11.4 Å². The maximum Gasteiger partial charge on any atom is 0.254 e. The molecule has 31 heavy (non-hydrogen) atoms. The molecule has 3 aromatic rings.